The van der Waals surface area contributed by atoms with Gasteiger partial charge in [0, 0.05) is 6.07 Å². The van der Waals surface area contributed by atoms with Crippen LogP contribution in [0.5, 0.6) is 11.5 Å². The molecule has 0 spiro atoms. The Morgan fingerprint density at radius 3 is 2.50 bits per heavy atom. The van der Waals surface area contributed by atoms with Gasteiger partial charge in [0.15, 0.2) is 0 Å². The fourth-order valence-electron chi connectivity index (χ4n) is 2.30. The molecule has 0 saturated heterocycles. The monoisotopic (exact) mass is 299 g/mol. The van der Waals surface area contributed by atoms with E-state index in [-0.39, 0.29) is 5.82 Å². The summed E-state index contributed by atoms with van der Waals surface area (Å²) in [6, 6.07) is 13.7. The van der Waals surface area contributed by atoms with Crippen molar-refractivity contribution in [1.82, 2.24) is 0 Å². The van der Waals surface area contributed by atoms with E-state index in [1.807, 2.05) is 31.2 Å². The van der Waals surface area contributed by atoms with Gasteiger partial charge in [-0.1, -0.05) is 0 Å². The van der Waals surface area contributed by atoms with Gasteiger partial charge in [0.25, 0.3) is 0 Å². The molecule has 4 heteroatoms. The van der Waals surface area contributed by atoms with Crippen LogP contribution >= 0.6 is 0 Å². The van der Waals surface area contributed by atoms with Gasteiger partial charge < -0.3 is 9.47 Å². The maximum atomic E-state index is 13.5. The van der Waals surface area contributed by atoms with Gasteiger partial charge in [0.2, 0.25) is 0 Å². The first-order valence-corrected chi connectivity index (χ1v) is 7.05. The fraction of sp³-hybridized carbons (Fsp3) is 0.167. The molecule has 1 aromatic heterocycles. The van der Waals surface area contributed by atoms with E-state index < -0.39 is 0 Å². The van der Waals surface area contributed by atoms with Gasteiger partial charge in [-0.25, -0.2) is 8.81 Å². The number of ether oxygens (including phenoxy) is 2. The molecule has 22 heavy (non-hydrogen) atoms. The molecule has 0 radical (unpaired) electrons. The molecule has 2 aromatic carbocycles. The molecule has 0 saturated carbocycles. The molecule has 0 fully saturated rings. The van der Waals surface area contributed by atoms with Crippen LogP contribution in [-0.4, -0.2) is 13.7 Å². The highest BCUT2D eigenvalue weighted by atomic mass is 19.1. The Bertz CT molecular complexity index is 797. The van der Waals surface area contributed by atoms with E-state index in [1.54, 1.807) is 19.2 Å². The van der Waals surface area contributed by atoms with Crippen molar-refractivity contribution in [3.63, 3.8) is 0 Å². The lowest BCUT2D eigenvalue weighted by Gasteiger charge is -2.04. The van der Waals surface area contributed by atoms with Crippen LogP contribution in [0.25, 0.3) is 22.3 Å². The number of methoxy groups -OCH3 is 1. The zero-order chi connectivity index (χ0) is 15.5. The summed E-state index contributed by atoms with van der Waals surface area (Å²) >= 11 is 0. The van der Waals surface area contributed by atoms with Crippen molar-refractivity contribution in [1.29, 1.82) is 0 Å². The maximum Gasteiger partial charge on any atom is 0.364 e. The van der Waals surface area contributed by atoms with Crippen molar-refractivity contribution >= 4 is 11.0 Å². The van der Waals surface area contributed by atoms with Gasteiger partial charge in [0.05, 0.1) is 25.3 Å². The SMILES string of the molecule is CCOc1cc(-c2ccc(OC)cc2)[o+]c2ccc(F)cc12. The third-order valence-corrected chi connectivity index (χ3v) is 3.36. The summed E-state index contributed by atoms with van der Waals surface area (Å²) in [5.41, 5.74) is 1.48. The van der Waals surface area contributed by atoms with Gasteiger partial charge >= 0.3 is 11.3 Å². The second-order valence-corrected chi connectivity index (χ2v) is 4.78. The molecule has 0 aliphatic heterocycles. The Morgan fingerprint density at radius 1 is 1.05 bits per heavy atom. The average molecular weight is 299 g/mol. The van der Waals surface area contributed by atoms with E-state index >= 15 is 0 Å². The molecule has 3 aromatic rings. The molecule has 112 valence electrons. The molecule has 1 heterocycles. The van der Waals surface area contributed by atoms with E-state index in [2.05, 4.69) is 0 Å². The number of fused-ring (bicyclic) bond motifs is 1. The van der Waals surface area contributed by atoms with E-state index in [0.717, 1.165) is 11.3 Å². The van der Waals surface area contributed by atoms with Crippen LogP contribution in [0.1, 0.15) is 6.92 Å². The van der Waals surface area contributed by atoms with E-state index in [4.69, 9.17) is 13.9 Å². The molecule has 0 aliphatic rings. The fourth-order valence-corrected chi connectivity index (χ4v) is 2.30. The summed E-state index contributed by atoms with van der Waals surface area (Å²) in [7, 11) is 1.62. The predicted octanol–water partition coefficient (Wildman–Crippen LogP) is 4.93. The number of hydrogen-bond acceptors (Lipinski definition) is 2. The Balaban J connectivity index is 2.15. The number of halogens is 1. The van der Waals surface area contributed by atoms with Crippen molar-refractivity contribution in [2.45, 2.75) is 6.92 Å². The zero-order valence-electron chi connectivity index (χ0n) is 12.4. The van der Waals surface area contributed by atoms with Crippen LogP contribution in [0.4, 0.5) is 4.39 Å². The van der Waals surface area contributed by atoms with Crippen LogP contribution in [0.3, 0.4) is 0 Å². The van der Waals surface area contributed by atoms with E-state index in [0.29, 0.717) is 29.1 Å². The number of benzene rings is 2. The summed E-state index contributed by atoms with van der Waals surface area (Å²) in [6.07, 6.45) is 0. The number of hydrogen-bond donors (Lipinski definition) is 0. The minimum atomic E-state index is -0.319. The highest BCUT2D eigenvalue weighted by Gasteiger charge is 2.20. The molecule has 0 unspecified atom stereocenters. The summed E-state index contributed by atoms with van der Waals surface area (Å²) in [6.45, 7) is 2.39. The molecule has 0 N–H and O–H groups in total. The highest BCUT2D eigenvalue weighted by molar-refractivity contribution is 5.85. The molecule has 0 amide bonds. The Kier molecular flexibility index (Phi) is 3.92. The maximum absolute atomic E-state index is 13.5. The smallest absolute Gasteiger partial charge is 0.364 e. The Labute approximate surface area is 127 Å². The first-order chi connectivity index (χ1) is 10.7. The van der Waals surface area contributed by atoms with Gasteiger partial charge in [-0.3, -0.25) is 0 Å². The normalized spacial score (nSPS) is 10.7. The van der Waals surface area contributed by atoms with Gasteiger partial charge in [-0.2, -0.15) is 0 Å². The Morgan fingerprint density at radius 2 is 1.82 bits per heavy atom. The zero-order valence-corrected chi connectivity index (χ0v) is 12.4. The second kappa shape index (κ2) is 6.02. The first-order valence-electron chi connectivity index (χ1n) is 7.05. The molecule has 0 bridgehead atoms. The minimum absolute atomic E-state index is 0.319. The topological polar surface area (TPSA) is 29.8 Å². The van der Waals surface area contributed by atoms with Crippen molar-refractivity contribution in [3.8, 4) is 22.8 Å². The first kappa shape index (κ1) is 14.3. The molecule has 3 rings (SSSR count). The third-order valence-electron chi connectivity index (χ3n) is 3.36. The number of rotatable bonds is 4. The summed E-state index contributed by atoms with van der Waals surface area (Å²) < 4.78 is 30.1. The lowest BCUT2D eigenvalue weighted by atomic mass is 10.1. The molecule has 0 aliphatic carbocycles. The molecule has 0 atom stereocenters. The third kappa shape index (κ3) is 2.72. The van der Waals surface area contributed by atoms with Crippen LogP contribution in [0.15, 0.2) is 52.9 Å². The molecular weight excluding hydrogens is 283 g/mol. The quantitative estimate of drug-likeness (QED) is 0.640. The predicted molar refractivity (Wildman–Crippen MR) is 83.7 cm³/mol. The summed E-state index contributed by atoms with van der Waals surface area (Å²) in [5, 5.41) is 0.624. The summed E-state index contributed by atoms with van der Waals surface area (Å²) in [4.78, 5) is 0. The second-order valence-electron chi connectivity index (χ2n) is 4.78. The molecular formula is C18H16FO3+. The van der Waals surface area contributed by atoms with Gasteiger partial charge in [-0.05, 0) is 43.3 Å². The Hall–Kier alpha value is -2.62. The molecule has 3 nitrogen and oxygen atoms in total. The van der Waals surface area contributed by atoms with E-state index in [9.17, 15) is 4.39 Å². The van der Waals surface area contributed by atoms with Crippen LogP contribution in [0.2, 0.25) is 0 Å². The van der Waals surface area contributed by atoms with Gasteiger partial charge in [-0.15, -0.1) is 0 Å². The highest BCUT2D eigenvalue weighted by Crippen LogP contribution is 2.33. The van der Waals surface area contributed by atoms with Crippen molar-refractivity contribution in [3.05, 3.63) is 54.3 Å². The minimum Gasteiger partial charge on any atom is -0.497 e. The lowest BCUT2D eigenvalue weighted by molar-refractivity contribution is 0.342. The van der Waals surface area contributed by atoms with Crippen molar-refractivity contribution in [2.75, 3.05) is 13.7 Å². The van der Waals surface area contributed by atoms with Crippen LogP contribution in [-0.2, 0) is 0 Å². The van der Waals surface area contributed by atoms with Gasteiger partial charge in [0.1, 0.15) is 22.7 Å². The van der Waals surface area contributed by atoms with Crippen molar-refractivity contribution < 1.29 is 18.3 Å². The van der Waals surface area contributed by atoms with Crippen molar-refractivity contribution in [2.24, 2.45) is 0 Å². The van der Waals surface area contributed by atoms with E-state index in [1.165, 1.54) is 12.1 Å². The van der Waals surface area contributed by atoms with Crippen LogP contribution < -0.4 is 9.47 Å². The average Bonchev–Trinajstić information content (AvgIpc) is 2.55. The summed E-state index contributed by atoms with van der Waals surface area (Å²) in [5.74, 6) is 1.72. The van der Waals surface area contributed by atoms with Crippen LogP contribution in [0, 0.1) is 5.82 Å². The largest absolute Gasteiger partial charge is 0.497 e. The standard InChI is InChI=1S/C18H16FO3/c1-3-21-18-11-17(12-4-7-14(20-2)8-5-12)22-16-9-6-13(19)10-15(16)18/h4-11H,3H2,1-2H3/q+1. The lowest BCUT2D eigenvalue weighted by Crippen LogP contribution is -1.94.